The Balaban J connectivity index is 3.89. The zero-order valence-corrected chi connectivity index (χ0v) is 13.9. The van der Waals surface area contributed by atoms with Gasteiger partial charge in [0, 0.05) is 25.7 Å². The third-order valence-corrected chi connectivity index (χ3v) is 2.89. The highest BCUT2D eigenvalue weighted by atomic mass is 16.6. The third kappa shape index (κ3) is 11.1. The van der Waals surface area contributed by atoms with E-state index in [9.17, 15) is 4.79 Å². The first-order valence-electron chi connectivity index (χ1n) is 7.37. The van der Waals surface area contributed by atoms with E-state index >= 15 is 0 Å². The van der Waals surface area contributed by atoms with Crippen molar-refractivity contribution in [1.82, 2.24) is 10.6 Å². The molecule has 1 unspecified atom stereocenters. The summed E-state index contributed by atoms with van der Waals surface area (Å²) in [5, 5.41) is 15.0. The van der Waals surface area contributed by atoms with Crippen molar-refractivity contribution < 1.29 is 14.6 Å². The van der Waals surface area contributed by atoms with Crippen molar-refractivity contribution in [2.45, 2.75) is 66.0 Å². The molecule has 0 spiro atoms. The molecule has 0 aliphatic rings. The minimum absolute atomic E-state index is 0.142. The maximum atomic E-state index is 11.5. The number of amides is 1. The quantitative estimate of drug-likeness (QED) is 0.641. The minimum Gasteiger partial charge on any atom is -0.444 e. The molecule has 0 aromatic heterocycles. The van der Waals surface area contributed by atoms with Crippen LogP contribution in [-0.2, 0) is 4.74 Å². The largest absolute Gasteiger partial charge is 0.444 e. The van der Waals surface area contributed by atoms with Crippen molar-refractivity contribution in [3.05, 3.63) is 0 Å². The molecule has 3 N–H and O–H groups in total. The molecular formula is C15H32N2O3. The van der Waals surface area contributed by atoms with E-state index in [-0.39, 0.29) is 24.2 Å². The van der Waals surface area contributed by atoms with Gasteiger partial charge in [0.25, 0.3) is 0 Å². The lowest BCUT2D eigenvalue weighted by Crippen LogP contribution is -2.43. The number of nitrogens with one attached hydrogen (secondary N) is 2. The average Bonchev–Trinajstić information content (AvgIpc) is 2.29. The molecule has 0 fully saturated rings. The minimum atomic E-state index is -0.465. The van der Waals surface area contributed by atoms with Gasteiger partial charge in [-0.1, -0.05) is 13.8 Å². The van der Waals surface area contributed by atoms with Crippen molar-refractivity contribution in [2.75, 3.05) is 19.7 Å². The third-order valence-electron chi connectivity index (χ3n) is 2.89. The summed E-state index contributed by atoms with van der Waals surface area (Å²) in [6.45, 7) is 13.5. The molecule has 0 rings (SSSR count). The van der Waals surface area contributed by atoms with Crippen molar-refractivity contribution in [2.24, 2.45) is 5.41 Å². The number of alkyl carbamates (subject to hydrolysis) is 1. The number of hydrogen-bond donors (Lipinski definition) is 3. The number of ether oxygens (including phenoxy) is 1. The highest BCUT2D eigenvalue weighted by Crippen LogP contribution is 2.20. The van der Waals surface area contributed by atoms with Crippen LogP contribution in [0.25, 0.3) is 0 Å². The second-order valence-corrected chi connectivity index (χ2v) is 7.16. The van der Waals surface area contributed by atoms with Gasteiger partial charge in [0.2, 0.25) is 0 Å². The van der Waals surface area contributed by atoms with Gasteiger partial charge in [-0.15, -0.1) is 0 Å². The van der Waals surface area contributed by atoms with Crippen LogP contribution in [0.1, 0.15) is 54.4 Å². The van der Waals surface area contributed by atoms with Crippen LogP contribution >= 0.6 is 0 Å². The van der Waals surface area contributed by atoms with Crippen molar-refractivity contribution in [1.29, 1.82) is 0 Å². The summed E-state index contributed by atoms with van der Waals surface area (Å²) < 4.78 is 5.18. The molecule has 0 heterocycles. The van der Waals surface area contributed by atoms with E-state index in [0.29, 0.717) is 6.54 Å². The molecule has 0 aliphatic carbocycles. The summed E-state index contributed by atoms with van der Waals surface area (Å²) in [5.74, 6) is 0. The second-order valence-electron chi connectivity index (χ2n) is 7.16. The van der Waals surface area contributed by atoms with Gasteiger partial charge in [-0.25, -0.2) is 4.79 Å². The van der Waals surface area contributed by atoms with Crippen molar-refractivity contribution in [3.63, 3.8) is 0 Å². The van der Waals surface area contributed by atoms with Gasteiger partial charge in [0.1, 0.15) is 5.60 Å². The number of carbonyl (C=O) groups is 1. The van der Waals surface area contributed by atoms with Crippen LogP contribution in [0.4, 0.5) is 4.79 Å². The Morgan fingerprint density at radius 3 is 2.35 bits per heavy atom. The van der Waals surface area contributed by atoms with Crippen LogP contribution in [0.2, 0.25) is 0 Å². The topological polar surface area (TPSA) is 70.6 Å². The molecule has 0 aromatic carbocycles. The first-order valence-corrected chi connectivity index (χ1v) is 7.37. The van der Waals surface area contributed by atoms with Crippen molar-refractivity contribution >= 4 is 6.09 Å². The van der Waals surface area contributed by atoms with Crippen LogP contribution in [-0.4, -0.2) is 42.5 Å². The van der Waals surface area contributed by atoms with Gasteiger partial charge < -0.3 is 20.5 Å². The normalized spacial score (nSPS) is 13.9. The lowest BCUT2D eigenvalue weighted by atomic mass is 9.87. The Hall–Kier alpha value is -0.810. The van der Waals surface area contributed by atoms with Crippen LogP contribution in [0.3, 0.4) is 0 Å². The molecule has 5 nitrogen and oxygen atoms in total. The van der Waals surface area contributed by atoms with E-state index in [4.69, 9.17) is 9.84 Å². The molecule has 0 aliphatic heterocycles. The van der Waals surface area contributed by atoms with Gasteiger partial charge >= 0.3 is 6.09 Å². The van der Waals surface area contributed by atoms with Crippen LogP contribution in [0.15, 0.2) is 0 Å². The van der Waals surface area contributed by atoms with E-state index in [1.807, 2.05) is 27.7 Å². The standard InChI is InChI=1S/C15H32N2O3/c1-12(10-16-13(19)20-14(2,3)4)17-11-15(5,6)8-7-9-18/h12,17-18H,7-11H2,1-6H3,(H,16,19). The summed E-state index contributed by atoms with van der Waals surface area (Å²) in [7, 11) is 0. The zero-order chi connectivity index (χ0) is 15.8. The number of rotatable bonds is 8. The Morgan fingerprint density at radius 2 is 1.85 bits per heavy atom. The summed E-state index contributed by atoms with van der Waals surface area (Å²) in [4.78, 5) is 11.5. The van der Waals surface area contributed by atoms with E-state index < -0.39 is 5.60 Å². The van der Waals surface area contributed by atoms with Crippen LogP contribution in [0, 0.1) is 5.41 Å². The maximum Gasteiger partial charge on any atom is 0.407 e. The van der Waals surface area contributed by atoms with E-state index in [1.165, 1.54) is 0 Å². The summed E-state index contributed by atoms with van der Waals surface area (Å²) >= 11 is 0. The number of carbonyl (C=O) groups excluding carboxylic acids is 1. The smallest absolute Gasteiger partial charge is 0.407 e. The van der Waals surface area contributed by atoms with E-state index in [0.717, 1.165) is 19.4 Å². The molecule has 0 radical (unpaired) electrons. The monoisotopic (exact) mass is 288 g/mol. The van der Waals surface area contributed by atoms with Crippen LogP contribution in [0.5, 0.6) is 0 Å². The van der Waals surface area contributed by atoms with Gasteiger partial charge in [-0.3, -0.25) is 0 Å². The molecule has 20 heavy (non-hydrogen) atoms. The lowest BCUT2D eigenvalue weighted by molar-refractivity contribution is 0.0522. The first kappa shape index (κ1) is 19.2. The van der Waals surface area contributed by atoms with E-state index in [2.05, 4.69) is 24.5 Å². The predicted molar refractivity (Wildman–Crippen MR) is 81.8 cm³/mol. The first-order chi connectivity index (χ1) is 9.06. The number of aliphatic hydroxyl groups excluding tert-OH is 1. The Morgan fingerprint density at radius 1 is 1.25 bits per heavy atom. The molecule has 5 heteroatoms. The maximum absolute atomic E-state index is 11.5. The predicted octanol–water partition coefficient (Wildman–Crippen LogP) is 2.29. The van der Waals surface area contributed by atoms with Gasteiger partial charge in [-0.2, -0.15) is 0 Å². The number of hydrogen-bond acceptors (Lipinski definition) is 4. The highest BCUT2D eigenvalue weighted by Gasteiger charge is 2.19. The Kier molecular flexibility index (Phi) is 8.13. The van der Waals surface area contributed by atoms with Crippen molar-refractivity contribution in [3.8, 4) is 0 Å². The lowest BCUT2D eigenvalue weighted by Gasteiger charge is -2.27. The Bertz CT molecular complexity index is 285. The van der Waals surface area contributed by atoms with Gasteiger partial charge in [-0.05, 0) is 46.0 Å². The van der Waals surface area contributed by atoms with E-state index in [1.54, 1.807) is 0 Å². The molecule has 120 valence electrons. The van der Waals surface area contributed by atoms with Gasteiger partial charge in [0.15, 0.2) is 0 Å². The summed E-state index contributed by atoms with van der Waals surface area (Å²) in [6.07, 6.45) is 1.41. The average molecular weight is 288 g/mol. The highest BCUT2D eigenvalue weighted by molar-refractivity contribution is 5.67. The van der Waals surface area contributed by atoms with Crippen LogP contribution < -0.4 is 10.6 Å². The molecular weight excluding hydrogens is 256 g/mol. The fraction of sp³-hybridized carbons (Fsp3) is 0.933. The molecule has 1 amide bonds. The summed E-state index contributed by atoms with van der Waals surface area (Å²) in [6, 6.07) is 0.177. The molecule has 0 saturated carbocycles. The second kappa shape index (κ2) is 8.47. The Labute approximate surface area is 123 Å². The summed E-state index contributed by atoms with van der Waals surface area (Å²) in [5.41, 5.74) is -0.323. The molecule has 0 saturated heterocycles. The fourth-order valence-corrected chi connectivity index (χ4v) is 1.72. The fourth-order valence-electron chi connectivity index (χ4n) is 1.72. The zero-order valence-electron chi connectivity index (χ0n) is 13.9. The molecule has 0 bridgehead atoms. The van der Waals surface area contributed by atoms with Gasteiger partial charge in [0.05, 0.1) is 0 Å². The molecule has 0 aromatic rings. The SMILES string of the molecule is CC(CNC(=O)OC(C)(C)C)NCC(C)(C)CCCO. The molecule has 1 atom stereocenters. The number of aliphatic hydroxyl groups is 1.